The molecule has 3 aromatic rings. The van der Waals surface area contributed by atoms with Gasteiger partial charge in [0.15, 0.2) is 0 Å². The third kappa shape index (κ3) is 6.06. The molecule has 4 rings (SSSR count). The number of ether oxygens (including phenoxy) is 1. The average Bonchev–Trinajstić information content (AvgIpc) is 3.22. The van der Waals surface area contributed by atoms with Crippen LogP contribution in [0.5, 0.6) is 5.75 Å². The van der Waals surface area contributed by atoms with Gasteiger partial charge >= 0.3 is 6.18 Å². The van der Waals surface area contributed by atoms with Crippen molar-refractivity contribution in [3.05, 3.63) is 53.7 Å². The molecule has 0 saturated heterocycles. The van der Waals surface area contributed by atoms with Crippen molar-refractivity contribution in [1.29, 1.82) is 0 Å². The maximum absolute atomic E-state index is 12.9. The number of fused-ring (bicyclic) bond motifs is 1. The third-order valence-electron chi connectivity index (χ3n) is 5.49. The van der Waals surface area contributed by atoms with Gasteiger partial charge in [0, 0.05) is 23.2 Å². The van der Waals surface area contributed by atoms with Gasteiger partial charge in [-0.3, -0.25) is 9.48 Å². The number of halogens is 3. The molecule has 0 spiro atoms. The average molecular weight is 462 g/mol. The molecule has 1 saturated carbocycles. The van der Waals surface area contributed by atoms with Crippen LogP contribution in [-0.2, 0) is 6.18 Å². The van der Waals surface area contributed by atoms with Crippen molar-refractivity contribution in [2.24, 2.45) is 0 Å². The fourth-order valence-corrected chi connectivity index (χ4v) is 3.90. The summed E-state index contributed by atoms with van der Waals surface area (Å²) in [5.41, 5.74) is 0.182. The number of nitrogens with zero attached hydrogens (tertiary/aromatic N) is 2. The van der Waals surface area contributed by atoms with Crippen LogP contribution in [0.25, 0.3) is 10.9 Å². The smallest absolute Gasteiger partial charge is 0.416 e. The lowest BCUT2D eigenvalue weighted by Crippen LogP contribution is -2.14. The number of amides is 1. The second-order valence-electron chi connectivity index (χ2n) is 8.25. The van der Waals surface area contributed by atoms with E-state index in [4.69, 9.17) is 4.74 Å². The number of aromatic nitrogens is 2. The fourth-order valence-electron chi connectivity index (χ4n) is 3.90. The summed E-state index contributed by atoms with van der Waals surface area (Å²) in [5.74, 6) is -0.241. The van der Waals surface area contributed by atoms with Crippen LogP contribution in [0.15, 0.2) is 42.6 Å². The molecule has 33 heavy (non-hydrogen) atoms. The van der Waals surface area contributed by atoms with Gasteiger partial charge in [-0.25, -0.2) is 0 Å². The number of carbonyl (C=O) groups is 1. The molecule has 1 aromatic heterocycles. The first kappa shape index (κ1) is 24.6. The van der Waals surface area contributed by atoms with Crippen LogP contribution < -0.4 is 10.1 Å². The Morgan fingerprint density at radius 1 is 1.15 bits per heavy atom. The minimum atomic E-state index is -4.51. The Hall–Kier alpha value is -3.03. The second kappa shape index (κ2) is 10.7. The molecule has 1 aliphatic rings. The summed E-state index contributed by atoms with van der Waals surface area (Å²) in [6.07, 6.45) is 4.47. The Morgan fingerprint density at radius 3 is 2.48 bits per heavy atom. The highest BCUT2D eigenvalue weighted by Crippen LogP contribution is 2.34. The molecule has 1 N–H and O–H groups in total. The van der Waals surface area contributed by atoms with E-state index in [9.17, 15) is 18.0 Å². The quantitative estimate of drug-likeness (QED) is 0.446. The molecule has 8 heteroatoms. The summed E-state index contributed by atoms with van der Waals surface area (Å²) in [5, 5.41) is 8.16. The van der Waals surface area contributed by atoms with E-state index in [1.165, 1.54) is 44.9 Å². The molecule has 2 aromatic carbocycles. The van der Waals surface area contributed by atoms with Gasteiger partial charge in [-0.2, -0.15) is 18.3 Å². The lowest BCUT2D eigenvalue weighted by molar-refractivity contribution is -0.137. The number of benzene rings is 2. The second-order valence-corrected chi connectivity index (χ2v) is 8.25. The van der Waals surface area contributed by atoms with Gasteiger partial charge in [0.1, 0.15) is 5.75 Å². The highest BCUT2D eigenvalue weighted by Gasteiger charge is 2.31. The van der Waals surface area contributed by atoms with Gasteiger partial charge in [0.05, 0.1) is 29.9 Å². The number of carbonyl (C=O) groups excluding carboxylic acids is 1. The Morgan fingerprint density at radius 2 is 1.85 bits per heavy atom. The normalized spacial score (nSPS) is 14.5. The number of anilines is 1. The third-order valence-corrected chi connectivity index (χ3v) is 5.49. The summed E-state index contributed by atoms with van der Waals surface area (Å²) in [4.78, 5) is 12.6. The molecule has 0 atom stereocenters. The minimum Gasteiger partial charge on any atom is -0.494 e. The van der Waals surface area contributed by atoms with E-state index in [2.05, 4.69) is 24.3 Å². The number of rotatable bonds is 4. The van der Waals surface area contributed by atoms with Crippen LogP contribution in [0.3, 0.4) is 0 Å². The maximum atomic E-state index is 12.9. The van der Waals surface area contributed by atoms with E-state index < -0.39 is 17.6 Å². The molecule has 1 aliphatic carbocycles. The Bertz CT molecular complexity index is 1090. The van der Waals surface area contributed by atoms with Crippen molar-refractivity contribution in [2.75, 3.05) is 12.4 Å². The highest BCUT2D eigenvalue weighted by molar-refractivity contribution is 6.06. The molecule has 1 amide bonds. The standard InChI is InChI=1S/C22H22F3N3O2.C3H8/c1-30-20-12-18-15(13-28(27-18)17-8-3-2-4-9-17)11-19(20)26-21(29)14-6-5-7-16(10-14)22(23,24)25;1-3-2/h5-7,10-13,17H,2-4,8-9H2,1H3,(H,26,29);3H2,1-2H3. The fraction of sp³-hybridized carbons (Fsp3) is 0.440. The number of alkyl halides is 3. The predicted molar refractivity (Wildman–Crippen MR) is 124 cm³/mol. The van der Waals surface area contributed by atoms with Crippen molar-refractivity contribution in [3.8, 4) is 5.75 Å². The zero-order valence-electron chi connectivity index (χ0n) is 19.2. The summed E-state index contributed by atoms with van der Waals surface area (Å²) >= 11 is 0. The summed E-state index contributed by atoms with van der Waals surface area (Å²) in [6.45, 7) is 4.25. The number of hydrogen-bond acceptors (Lipinski definition) is 3. The molecular weight excluding hydrogens is 431 g/mol. The topological polar surface area (TPSA) is 56.1 Å². The monoisotopic (exact) mass is 461 g/mol. The predicted octanol–water partition coefficient (Wildman–Crippen LogP) is 7.24. The van der Waals surface area contributed by atoms with E-state index in [1.807, 2.05) is 10.9 Å². The van der Waals surface area contributed by atoms with E-state index >= 15 is 0 Å². The lowest BCUT2D eigenvalue weighted by Gasteiger charge is -2.21. The molecular formula is C25H30F3N3O2. The number of hydrogen-bond donors (Lipinski definition) is 1. The van der Waals surface area contributed by atoms with Gasteiger partial charge in [0.25, 0.3) is 5.91 Å². The zero-order chi connectivity index (χ0) is 24.0. The van der Waals surface area contributed by atoms with Crippen molar-refractivity contribution in [3.63, 3.8) is 0 Å². The van der Waals surface area contributed by atoms with Crippen molar-refractivity contribution < 1.29 is 22.7 Å². The Kier molecular flexibility index (Phi) is 8.00. The van der Waals surface area contributed by atoms with Gasteiger partial charge < -0.3 is 10.1 Å². The number of nitrogens with one attached hydrogen (secondary N) is 1. The zero-order valence-corrected chi connectivity index (χ0v) is 19.2. The summed E-state index contributed by atoms with van der Waals surface area (Å²) in [7, 11) is 1.47. The van der Waals surface area contributed by atoms with E-state index in [1.54, 1.807) is 12.1 Å². The van der Waals surface area contributed by atoms with Crippen molar-refractivity contribution >= 4 is 22.5 Å². The molecule has 1 fully saturated rings. The molecule has 1 heterocycles. The van der Waals surface area contributed by atoms with Gasteiger partial charge in [0.2, 0.25) is 0 Å². The van der Waals surface area contributed by atoms with Crippen molar-refractivity contribution in [1.82, 2.24) is 9.78 Å². The molecule has 5 nitrogen and oxygen atoms in total. The first-order valence-electron chi connectivity index (χ1n) is 11.3. The first-order valence-corrected chi connectivity index (χ1v) is 11.3. The molecule has 0 unspecified atom stereocenters. The highest BCUT2D eigenvalue weighted by atomic mass is 19.4. The van der Waals surface area contributed by atoms with E-state index in [-0.39, 0.29) is 5.56 Å². The SMILES string of the molecule is CCC.COc1cc2nn(C3CCCCC3)cc2cc1NC(=O)c1cccc(C(F)(F)F)c1. The van der Waals surface area contributed by atoms with Gasteiger partial charge in [-0.05, 0) is 37.1 Å². The largest absolute Gasteiger partial charge is 0.494 e. The van der Waals surface area contributed by atoms with Crippen LogP contribution >= 0.6 is 0 Å². The summed E-state index contributed by atoms with van der Waals surface area (Å²) < 4.78 is 46.2. The van der Waals surface area contributed by atoms with Crippen LogP contribution in [0, 0.1) is 0 Å². The minimum absolute atomic E-state index is 0.0788. The van der Waals surface area contributed by atoms with Crippen LogP contribution in [0.4, 0.5) is 18.9 Å². The summed E-state index contributed by atoms with van der Waals surface area (Å²) in [6, 6.07) is 8.16. The lowest BCUT2D eigenvalue weighted by atomic mass is 9.96. The molecule has 0 bridgehead atoms. The molecule has 178 valence electrons. The molecule has 0 aliphatic heterocycles. The first-order chi connectivity index (χ1) is 15.8. The van der Waals surface area contributed by atoms with Gasteiger partial charge in [-0.15, -0.1) is 0 Å². The Balaban J connectivity index is 0.000000968. The Labute approximate surface area is 191 Å². The van der Waals surface area contributed by atoms with Crippen LogP contribution in [0.2, 0.25) is 0 Å². The van der Waals surface area contributed by atoms with Gasteiger partial charge in [-0.1, -0.05) is 45.6 Å². The van der Waals surface area contributed by atoms with E-state index in [0.29, 0.717) is 17.5 Å². The van der Waals surface area contributed by atoms with E-state index in [0.717, 1.165) is 35.9 Å². The van der Waals surface area contributed by atoms with Crippen LogP contribution in [-0.4, -0.2) is 22.8 Å². The van der Waals surface area contributed by atoms with Crippen LogP contribution in [0.1, 0.15) is 74.3 Å². The van der Waals surface area contributed by atoms with Crippen molar-refractivity contribution in [2.45, 2.75) is 64.6 Å². The number of methoxy groups -OCH3 is 1. The maximum Gasteiger partial charge on any atom is 0.416 e. The molecule has 0 radical (unpaired) electrons.